The van der Waals surface area contributed by atoms with Gasteiger partial charge in [0.25, 0.3) is 0 Å². The second-order valence-corrected chi connectivity index (χ2v) is 16.6. The van der Waals surface area contributed by atoms with E-state index in [4.69, 9.17) is 0 Å². The average molecular weight is 260 g/mol. The molecule has 0 aromatic heterocycles. The van der Waals surface area contributed by atoms with E-state index in [-0.39, 0.29) is 0 Å². The van der Waals surface area contributed by atoms with E-state index < -0.39 is 13.5 Å². The van der Waals surface area contributed by atoms with Crippen molar-refractivity contribution in [3.63, 3.8) is 0 Å². The van der Waals surface area contributed by atoms with Gasteiger partial charge in [-0.25, -0.2) is 0 Å². The molecule has 0 bridgehead atoms. The van der Waals surface area contributed by atoms with Crippen LogP contribution >= 0.6 is 0 Å². The standard InChI is InChI=1S/C12H29GeN/c1-9-14(12(6)7)13(8,10(2)3)11(4)5/h10-12H,9H2,1-8H3. The van der Waals surface area contributed by atoms with Gasteiger partial charge < -0.3 is 0 Å². The first kappa shape index (κ1) is 14.5. The molecule has 0 aliphatic carbocycles. The van der Waals surface area contributed by atoms with Gasteiger partial charge in [-0.1, -0.05) is 0 Å². The molecule has 0 aromatic carbocycles. The van der Waals surface area contributed by atoms with E-state index in [0.717, 1.165) is 15.5 Å². The van der Waals surface area contributed by atoms with Gasteiger partial charge in [0.1, 0.15) is 0 Å². The van der Waals surface area contributed by atoms with Crippen LogP contribution in [0.5, 0.6) is 0 Å². The van der Waals surface area contributed by atoms with Crippen LogP contribution in [0.25, 0.3) is 0 Å². The quantitative estimate of drug-likeness (QED) is 0.672. The second-order valence-electron chi connectivity index (χ2n) is 5.41. The molecule has 0 unspecified atom stereocenters. The van der Waals surface area contributed by atoms with Crippen molar-refractivity contribution in [1.29, 1.82) is 0 Å². The van der Waals surface area contributed by atoms with Crippen LogP contribution in [0.1, 0.15) is 48.5 Å². The Kier molecular flexibility index (Phi) is 5.75. The Morgan fingerprint density at radius 2 is 1.29 bits per heavy atom. The van der Waals surface area contributed by atoms with Gasteiger partial charge in [0.15, 0.2) is 0 Å². The van der Waals surface area contributed by atoms with Gasteiger partial charge in [-0.15, -0.1) is 0 Å². The van der Waals surface area contributed by atoms with Crippen LogP contribution in [0.3, 0.4) is 0 Å². The van der Waals surface area contributed by atoms with E-state index >= 15 is 0 Å². The molecular weight excluding hydrogens is 231 g/mol. The van der Waals surface area contributed by atoms with Crippen molar-refractivity contribution in [1.82, 2.24) is 3.86 Å². The van der Waals surface area contributed by atoms with Crippen LogP contribution in [0.15, 0.2) is 0 Å². The molecule has 0 saturated carbocycles. The summed E-state index contributed by atoms with van der Waals surface area (Å²) in [5, 5.41) is 0. The molecule has 0 heterocycles. The first-order valence-corrected chi connectivity index (χ1v) is 11.5. The molecule has 1 nitrogen and oxygen atoms in total. The normalized spacial score (nSPS) is 13.7. The van der Waals surface area contributed by atoms with Crippen molar-refractivity contribution in [2.24, 2.45) is 0 Å². The van der Waals surface area contributed by atoms with Gasteiger partial charge in [0, 0.05) is 0 Å². The molecule has 0 aliphatic rings. The maximum atomic E-state index is 2.81. The summed E-state index contributed by atoms with van der Waals surface area (Å²) >= 11 is -1.82. The third-order valence-corrected chi connectivity index (χ3v) is 18.1. The Balaban J connectivity index is 4.96. The van der Waals surface area contributed by atoms with Crippen molar-refractivity contribution in [2.45, 2.75) is 69.8 Å². The van der Waals surface area contributed by atoms with E-state index in [2.05, 4.69) is 58.1 Å². The van der Waals surface area contributed by atoms with Crippen LogP contribution in [0, 0.1) is 0 Å². The molecule has 0 fully saturated rings. The topological polar surface area (TPSA) is 3.24 Å². The maximum absolute atomic E-state index is 2.81. The van der Waals surface area contributed by atoms with E-state index in [1.165, 1.54) is 6.54 Å². The molecule has 14 heavy (non-hydrogen) atoms. The Hall–Kier alpha value is 0.503. The minimum atomic E-state index is -1.82. The molecule has 0 spiro atoms. The Bertz CT molecular complexity index is 156. The summed E-state index contributed by atoms with van der Waals surface area (Å²) < 4.78 is 4.59. The molecule has 0 aliphatic heterocycles. The van der Waals surface area contributed by atoms with Crippen LogP contribution in [0.2, 0.25) is 15.3 Å². The Labute approximate surface area is 93.8 Å². The summed E-state index contributed by atoms with van der Waals surface area (Å²) in [6.45, 7) is 17.9. The molecule has 0 aromatic rings. The zero-order valence-corrected chi connectivity index (χ0v) is 13.5. The fourth-order valence-electron chi connectivity index (χ4n) is 2.59. The molecule has 0 radical (unpaired) electrons. The summed E-state index contributed by atoms with van der Waals surface area (Å²) in [6.07, 6.45) is 0. The molecule has 0 amide bonds. The zero-order valence-electron chi connectivity index (χ0n) is 11.4. The van der Waals surface area contributed by atoms with E-state index in [1.807, 2.05) is 0 Å². The van der Waals surface area contributed by atoms with Gasteiger partial charge in [0.05, 0.1) is 0 Å². The van der Waals surface area contributed by atoms with Gasteiger partial charge in [-0.3, -0.25) is 0 Å². The van der Waals surface area contributed by atoms with Gasteiger partial charge in [-0.2, -0.15) is 0 Å². The van der Waals surface area contributed by atoms with Crippen LogP contribution in [-0.2, 0) is 0 Å². The van der Waals surface area contributed by atoms with Gasteiger partial charge in [0.2, 0.25) is 0 Å². The summed E-state index contributed by atoms with van der Waals surface area (Å²) in [6, 6.07) is 0.717. The first-order valence-electron chi connectivity index (χ1n) is 6.05. The summed E-state index contributed by atoms with van der Waals surface area (Å²) in [5.74, 6) is 2.60. The monoisotopic (exact) mass is 261 g/mol. The minimum absolute atomic E-state index is 0.717. The van der Waals surface area contributed by atoms with Gasteiger partial charge in [-0.05, 0) is 0 Å². The fourth-order valence-corrected chi connectivity index (χ4v) is 11.9. The van der Waals surface area contributed by atoms with E-state index in [0.29, 0.717) is 0 Å². The predicted molar refractivity (Wildman–Crippen MR) is 69.3 cm³/mol. The predicted octanol–water partition coefficient (Wildman–Crippen LogP) is 4.11. The van der Waals surface area contributed by atoms with Crippen molar-refractivity contribution in [2.75, 3.05) is 6.54 Å². The van der Waals surface area contributed by atoms with Crippen LogP contribution in [0.4, 0.5) is 0 Å². The molecule has 0 atom stereocenters. The summed E-state index contributed by atoms with van der Waals surface area (Å²) in [5.41, 5.74) is 0. The molecular formula is C12H29GeN. The average Bonchev–Trinajstić information content (AvgIpc) is 2.03. The molecule has 0 rings (SSSR count). The van der Waals surface area contributed by atoms with Crippen molar-refractivity contribution >= 4 is 13.5 Å². The van der Waals surface area contributed by atoms with Crippen LogP contribution in [-0.4, -0.2) is 29.9 Å². The number of hydrogen-bond acceptors (Lipinski definition) is 1. The Morgan fingerprint density at radius 3 is 1.36 bits per heavy atom. The Morgan fingerprint density at radius 1 is 0.929 bits per heavy atom. The molecule has 0 saturated heterocycles. The van der Waals surface area contributed by atoms with Gasteiger partial charge >= 0.3 is 93.7 Å². The van der Waals surface area contributed by atoms with Crippen molar-refractivity contribution in [3.05, 3.63) is 0 Å². The third kappa shape index (κ3) is 2.76. The zero-order chi connectivity index (χ0) is 11.5. The van der Waals surface area contributed by atoms with Crippen molar-refractivity contribution in [3.8, 4) is 0 Å². The van der Waals surface area contributed by atoms with Crippen molar-refractivity contribution < 1.29 is 0 Å². The second kappa shape index (κ2) is 5.55. The van der Waals surface area contributed by atoms with E-state index in [9.17, 15) is 0 Å². The SMILES string of the molecule is CC[N](C(C)C)[Ge]([CH3])([CH](C)C)[CH](C)C. The molecule has 0 N–H and O–H groups in total. The fraction of sp³-hybridized carbons (Fsp3) is 1.00. The summed E-state index contributed by atoms with van der Waals surface area (Å²) in [4.78, 5) is 0. The first-order chi connectivity index (χ1) is 6.28. The summed E-state index contributed by atoms with van der Waals surface area (Å²) in [7, 11) is 0. The number of rotatable bonds is 5. The van der Waals surface area contributed by atoms with E-state index in [1.54, 1.807) is 0 Å². The third-order valence-electron chi connectivity index (χ3n) is 3.92. The molecule has 86 valence electrons. The number of nitrogens with zero attached hydrogens (tertiary/aromatic N) is 1. The van der Waals surface area contributed by atoms with Crippen LogP contribution < -0.4 is 0 Å². The molecule has 2 heteroatoms. The number of hydrogen-bond donors (Lipinski definition) is 0.